The Labute approximate surface area is 139 Å². The van der Waals surface area contributed by atoms with E-state index in [0.717, 1.165) is 22.4 Å². The van der Waals surface area contributed by atoms with E-state index in [4.69, 9.17) is 13.9 Å². The summed E-state index contributed by atoms with van der Waals surface area (Å²) in [5, 5.41) is 1.30. The number of hydrogen-bond acceptors (Lipinski definition) is 4. The highest BCUT2D eigenvalue weighted by Crippen LogP contribution is 2.44. The van der Waals surface area contributed by atoms with Crippen molar-refractivity contribution in [2.45, 2.75) is 38.9 Å². The molecular formula is C20H18O4. The van der Waals surface area contributed by atoms with Gasteiger partial charge in [-0.15, -0.1) is 0 Å². The summed E-state index contributed by atoms with van der Waals surface area (Å²) in [7, 11) is 0. The summed E-state index contributed by atoms with van der Waals surface area (Å²) in [4.78, 5) is 13.0. The lowest BCUT2D eigenvalue weighted by Crippen LogP contribution is -2.30. The first-order valence-corrected chi connectivity index (χ1v) is 8.27. The summed E-state index contributed by atoms with van der Waals surface area (Å²) in [5.74, 6) is 0.817. The van der Waals surface area contributed by atoms with Crippen molar-refractivity contribution in [3.8, 4) is 5.75 Å². The molecule has 3 heterocycles. The lowest BCUT2D eigenvalue weighted by molar-refractivity contribution is 0.127. The van der Waals surface area contributed by atoms with E-state index in [1.54, 1.807) is 0 Å². The fourth-order valence-electron chi connectivity index (χ4n) is 3.72. The third-order valence-electron chi connectivity index (χ3n) is 5.37. The van der Waals surface area contributed by atoms with Gasteiger partial charge in [-0.3, -0.25) is 4.79 Å². The lowest BCUT2D eigenvalue weighted by Gasteiger charge is -2.14. The summed E-state index contributed by atoms with van der Waals surface area (Å²) in [6.45, 7) is 6.68. The molecular weight excluding hydrogens is 304 g/mol. The van der Waals surface area contributed by atoms with Crippen molar-refractivity contribution < 1.29 is 13.9 Å². The van der Waals surface area contributed by atoms with Crippen LogP contribution in [0.25, 0.3) is 21.9 Å². The van der Waals surface area contributed by atoms with Gasteiger partial charge < -0.3 is 13.9 Å². The zero-order valence-corrected chi connectivity index (χ0v) is 13.9. The Morgan fingerprint density at radius 2 is 1.96 bits per heavy atom. The van der Waals surface area contributed by atoms with E-state index in [-0.39, 0.29) is 17.1 Å². The van der Waals surface area contributed by atoms with Crippen molar-refractivity contribution in [1.29, 1.82) is 0 Å². The van der Waals surface area contributed by atoms with Crippen LogP contribution >= 0.6 is 0 Å². The molecule has 5 rings (SSSR count). The molecule has 3 aromatic rings. The number of para-hydroxylation sites is 1. The molecule has 0 aliphatic carbocycles. The van der Waals surface area contributed by atoms with Crippen molar-refractivity contribution in [3.05, 3.63) is 51.2 Å². The number of epoxide rings is 1. The van der Waals surface area contributed by atoms with Crippen LogP contribution in [0.1, 0.15) is 23.6 Å². The van der Waals surface area contributed by atoms with Gasteiger partial charge in [0.1, 0.15) is 28.6 Å². The van der Waals surface area contributed by atoms with Crippen LogP contribution in [0.3, 0.4) is 0 Å². The molecule has 1 saturated heterocycles. The molecule has 2 atom stereocenters. The molecule has 4 heteroatoms. The highest BCUT2D eigenvalue weighted by atomic mass is 16.6. The number of hydrogen-bond donors (Lipinski definition) is 0. The average Bonchev–Trinajstić information content (AvgIpc) is 3.14. The normalized spacial score (nSPS) is 25.0. The van der Waals surface area contributed by atoms with Crippen molar-refractivity contribution >= 4 is 21.9 Å². The van der Waals surface area contributed by atoms with Gasteiger partial charge in [0.25, 0.3) is 0 Å². The van der Waals surface area contributed by atoms with Crippen LogP contribution in [0.5, 0.6) is 5.75 Å². The Bertz CT molecular complexity index is 1070. The molecule has 0 bridgehead atoms. The van der Waals surface area contributed by atoms with Crippen molar-refractivity contribution in [2.24, 2.45) is 0 Å². The molecule has 4 nitrogen and oxygen atoms in total. The van der Waals surface area contributed by atoms with Gasteiger partial charge in [0.05, 0.1) is 17.4 Å². The maximum Gasteiger partial charge on any atom is 0.200 e. The molecule has 122 valence electrons. The third-order valence-corrected chi connectivity index (χ3v) is 5.37. The van der Waals surface area contributed by atoms with Crippen LogP contribution < -0.4 is 10.2 Å². The van der Waals surface area contributed by atoms with E-state index in [9.17, 15) is 4.79 Å². The summed E-state index contributed by atoms with van der Waals surface area (Å²) in [6.07, 6.45) is 0.693. The van der Waals surface area contributed by atoms with E-state index >= 15 is 0 Å². The van der Waals surface area contributed by atoms with E-state index in [1.807, 2.05) is 38.1 Å². The predicted octanol–water partition coefficient (Wildman–Crippen LogP) is 3.66. The summed E-state index contributed by atoms with van der Waals surface area (Å²) < 4.78 is 17.9. The smallest absolute Gasteiger partial charge is 0.200 e. The second-order valence-corrected chi connectivity index (χ2v) is 7.17. The van der Waals surface area contributed by atoms with E-state index in [1.165, 1.54) is 0 Å². The second-order valence-electron chi connectivity index (χ2n) is 7.17. The molecule has 0 saturated carbocycles. The van der Waals surface area contributed by atoms with Gasteiger partial charge in [-0.2, -0.15) is 0 Å². The molecule has 2 aliphatic heterocycles. The standard InChI is InChI=1S/C20H18O4/c1-10-5-4-6-12-17(21)16-11(2)7-14-13(19(16)24-18(10)12)8-15(23-14)20(3)9-22-20/h4-7,15H,8-9H2,1-3H3. The first-order chi connectivity index (χ1) is 11.5. The Kier molecular flexibility index (Phi) is 2.57. The zero-order valence-electron chi connectivity index (χ0n) is 13.9. The van der Waals surface area contributed by atoms with Gasteiger partial charge in [0, 0.05) is 12.0 Å². The Balaban J connectivity index is 1.85. The number of fused-ring (bicyclic) bond motifs is 4. The predicted molar refractivity (Wildman–Crippen MR) is 91.9 cm³/mol. The first kappa shape index (κ1) is 14.1. The summed E-state index contributed by atoms with van der Waals surface area (Å²) >= 11 is 0. The minimum atomic E-state index is -0.216. The van der Waals surface area contributed by atoms with Crippen LogP contribution in [0.15, 0.2) is 33.5 Å². The third kappa shape index (κ3) is 1.75. The highest BCUT2D eigenvalue weighted by Gasteiger charge is 2.51. The van der Waals surface area contributed by atoms with Crippen molar-refractivity contribution in [1.82, 2.24) is 0 Å². The second kappa shape index (κ2) is 4.39. The monoisotopic (exact) mass is 322 g/mol. The zero-order chi connectivity index (χ0) is 16.6. The largest absolute Gasteiger partial charge is 0.487 e. The topological polar surface area (TPSA) is 52.0 Å². The fraction of sp³-hybridized carbons (Fsp3) is 0.350. The minimum absolute atomic E-state index is 0.0182. The van der Waals surface area contributed by atoms with Crippen LogP contribution in [0.4, 0.5) is 0 Å². The molecule has 0 spiro atoms. The molecule has 2 aromatic carbocycles. The fourth-order valence-corrected chi connectivity index (χ4v) is 3.72. The van der Waals surface area contributed by atoms with Gasteiger partial charge in [-0.25, -0.2) is 0 Å². The highest BCUT2D eigenvalue weighted by molar-refractivity contribution is 5.95. The van der Waals surface area contributed by atoms with E-state index < -0.39 is 0 Å². The van der Waals surface area contributed by atoms with Crippen LogP contribution in [-0.2, 0) is 11.2 Å². The van der Waals surface area contributed by atoms with Crippen molar-refractivity contribution in [2.75, 3.05) is 6.61 Å². The van der Waals surface area contributed by atoms with Crippen molar-refractivity contribution in [3.63, 3.8) is 0 Å². The molecule has 1 fully saturated rings. The van der Waals surface area contributed by atoms with Gasteiger partial charge in [-0.1, -0.05) is 12.1 Å². The average molecular weight is 322 g/mol. The van der Waals surface area contributed by atoms with Crippen LogP contribution in [0, 0.1) is 13.8 Å². The number of rotatable bonds is 1. The Morgan fingerprint density at radius 3 is 2.71 bits per heavy atom. The van der Waals surface area contributed by atoms with Gasteiger partial charge in [0.2, 0.25) is 5.43 Å². The van der Waals surface area contributed by atoms with Gasteiger partial charge in [-0.05, 0) is 44.0 Å². The van der Waals surface area contributed by atoms with E-state index in [0.29, 0.717) is 35.0 Å². The Hall–Kier alpha value is -2.33. The molecule has 1 aromatic heterocycles. The molecule has 0 radical (unpaired) electrons. The van der Waals surface area contributed by atoms with Crippen LogP contribution in [-0.4, -0.2) is 18.3 Å². The molecule has 24 heavy (non-hydrogen) atoms. The number of ether oxygens (including phenoxy) is 2. The first-order valence-electron chi connectivity index (χ1n) is 8.27. The van der Waals surface area contributed by atoms with Crippen LogP contribution in [0.2, 0.25) is 0 Å². The quantitative estimate of drug-likeness (QED) is 0.507. The summed E-state index contributed by atoms with van der Waals surface area (Å²) in [6, 6.07) is 7.65. The molecule has 2 unspecified atom stereocenters. The van der Waals surface area contributed by atoms with Gasteiger partial charge >= 0.3 is 0 Å². The SMILES string of the molecule is Cc1cccc2c(=O)c3c(C)cc4c(c3oc12)CC(C1(C)CO1)O4. The van der Waals surface area contributed by atoms with Gasteiger partial charge in [0.15, 0.2) is 0 Å². The summed E-state index contributed by atoms with van der Waals surface area (Å²) in [5.41, 5.74) is 4.00. The Morgan fingerprint density at radius 1 is 1.17 bits per heavy atom. The molecule has 2 aliphatic rings. The minimum Gasteiger partial charge on any atom is -0.487 e. The van der Waals surface area contributed by atoms with E-state index in [2.05, 4.69) is 6.92 Å². The number of benzene rings is 2. The lowest BCUT2D eigenvalue weighted by atomic mass is 9.97. The number of aryl methyl sites for hydroxylation is 2. The molecule has 0 N–H and O–H groups in total. The molecule has 0 amide bonds. The maximum absolute atomic E-state index is 13.0. The maximum atomic E-state index is 13.0.